The number of hydrogen-bond acceptors (Lipinski definition) is 3. The molecule has 1 aliphatic heterocycles. The average Bonchev–Trinajstić information content (AvgIpc) is 2.81. The van der Waals surface area contributed by atoms with Gasteiger partial charge in [-0.3, -0.25) is 9.59 Å². The molecule has 4 rings (SSSR count). The minimum Gasteiger partial charge on any atom is -0.497 e. The molecule has 32 heavy (non-hydrogen) atoms. The average molecular weight is 429 g/mol. The van der Waals surface area contributed by atoms with E-state index in [9.17, 15) is 9.59 Å². The van der Waals surface area contributed by atoms with Crippen LogP contribution in [-0.2, 0) is 24.3 Å². The number of carbonyl (C=O) groups is 2. The van der Waals surface area contributed by atoms with Crippen LogP contribution in [0.4, 0.5) is 0 Å². The van der Waals surface area contributed by atoms with Crippen molar-refractivity contribution in [2.45, 2.75) is 38.9 Å². The Bertz CT molecular complexity index is 1140. The first-order chi connectivity index (χ1) is 15.4. The van der Waals surface area contributed by atoms with Crippen LogP contribution < -0.4 is 10.1 Å². The van der Waals surface area contributed by atoms with Crippen molar-refractivity contribution in [1.82, 2.24) is 10.2 Å². The van der Waals surface area contributed by atoms with Crippen molar-refractivity contribution >= 4 is 11.8 Å². The van der Waals surface area contributed by atoms with Crippen LogP contribution in [0.3, 0.4) is 0 Å². The zero-order valence-corrected chi connectivity index (χ0v) is 18.7. The number of ether oxygens (including phenoxy) is 1. The van der Waals surface area contributed by atoms with Gasteiger partial charge in [-0.05, 0) is 54.3 Å². The third-order valence-electron chi connectivity index (χ3n) is 6.31. The number of methoxy groups -OCH3 is 1. The number of carbonyl (C=O) groups excluding carboxylic acids is 2. The molecule has 0 bridgehead atoms. The maximum absolute atomic E-state index is 13.5. The van der Waals surface area contributed by atoms with Crippen LogP contribution in [0.25, 0.3) is 0 Å². The van der Waals surface area contributed by atoms with Gasteiger partial charge in [-0.15, -0.1) is 0 Å². The van der Waals surface area contributed by atoms with Crippen LogP contribution >= 0.6 is 0 Å². The zero-order valence-electron chi connectivity index (χ0n) is 18.7. The van der Waals surface area contributed by atoms with E-state index < -0.39 is 5.54 Å². The number of hydrogen-bond donors (Lipinski definition) is 1. The van der Waals surface area contributed by atoms with E-state index in [1.807, 2.05) is 86.6 Å². The van der Waals surface area contributed by atoms with E-state index in [4.69, 9.17) is 4.74 Å². The summed E-state index contributed by atoms with van der Waals surface area (Å²) in [5, 5.41) is 3.08. The molecule has 0 spiro atoms. The smallest absolute Gasteiger partial charge is 0.255 e. The van der Waals surface area contributed by atoms with Crippen LogP contribution in [0, 0.1) is 6.92 Å². The lowest BCUT2D eigenvalue weighted by Gasteiger charge is -2.44. The highest BCUT2D eigenvalue weighted by molar-refractivity contribution is 6.02. The lowest BCUT2D eigenvalue weighted by Crippen LogP contribution is -2.62. The highest BCUT2D eigenvalue weighted by Gasteiger charge is 2.46. The minimum atomic E-state index is -1.01. The van der Waals surface area contributed by atoms with Crippen molar-refractivity contribution in [3.05, 3.63) is 101 Å². The highest BCUT2D eigenvalue weighted by atomic mass is 16.5. The maximum Gasteiger partial charge on any atom is 0.255 e. The molecule has 1 N–H and O–H groups in total. The molecule has 5 nitrogen and oxygen atoms in total. The summed E-state index contributed by atoms with van der Waals surface area (Å²) in [6, 6.07) is 23.1. The van der Waals surface area contributed by atoms with E-state index in [2.05, 4.69) is 5.32 Å². The highest BCUT2D eigenvalue weighted by Crippen LogP contribution is 2.33. The summed E-state index contributed by atoms with van der Waals surface area (Å²) in [6.07, 6.45) is 0.463. The molecule has 1 heterocycles. The molecule has 3 aromatic rings. The van der Waals surface area contributed by atoms with Gasteiger partial charge in [0.2, 0.25) is 5.91 Å². The van der Waals surface area contributed by atoms with Crippen LogP contribution in [0.5, 0.6) is 5.75 Å². The Labute approximate surface area is 189 Å². The van der Waals surface area contributed by atoms with Gasteiger partial charge in [-0.1, -0.05) is 54.6 Å². The molecule has 2 amide bonds. The van der Waals surface area contributed by atoms with Gasteiger partial charge >= 0.3 is 0 Å². The summed E-state index contributed by atoms with van der Waals surface area (Å²) in [6.45, 7) is 4.65. The molecule has 0 saturated carbocycles. The molecule has 0 fully saturated rings. The summed E-state index contributed by atoms with van der Waals surface area (Å²) in [4.78, 5) is 28.7. The fraction of sp³-hybridized carbons (Fsp3) is 0.259. The van der Waals surface area contributed by atoms with Gasteiger partial charge in [0.05, 0.1) is 7.11 Å². The zero-order chi connectivity index (χ0) is 22.7. The molecule has 0 aliphatic carbocycles. The van der Waals surface area contributed by atoms with E-state index in [-0.39, 0.29) is 11.8 Å². The third kappa shape index (κ3) is 4.11. The van der Waals surface area contributed by atoms with E-state index in [1.54, 1.807) is 12.0 Å². The summed E-state index contributed by atoms with van der Waals surface area (Å²) >= 11 is 0. The Kier molecular flexibility index (Phi) is 5.99. The Balaban J connectivity index is 1.64. The molecule has 0 saturated heterocycles. The maximum atomic E-state index is 13.5. The molecule has 5 heteroatoms. The molecule has 164 valence electrons. The Hall–Kier alpha value is -3.60. The summed E-state index contributed by atoms with van der Waals surface area (Å²) < 4.78 is 5.24. The monoisotopic (exact) mass is 428 g/mol. The standard InChI is InChI=1S/C27H28N2O3/c1-19-8-4-5-10-22(19)17-28-26(31)27(2)16-21-9-6-7-11-24(21)25(30)29(27)18-20-12-14-23(32-3)15-13-20/h4-15H,16-18H2,1-3H3,(H,28,31)/t27-/m0/s1. The SMILES string of the molecule is COc1ccc(CN2C(=O)c3ccccc3C[C@@]2(C)C(=O)NCc2ccccc2C)cc1. The van der Waals surface area contributed by atoms with Gasteiger partial charge in [0.25, 0.3) is 5.91 Å². The number of nitrogens with zero attached hydrogens (tertiary/aromatic N) is 1. The predicted octanol–water partition coefficient (Wildman–Crippen LogP) is 4.28. The fourth-order valence-electron chi connectivity index (χ4n) is 4.26. The van der Waals surface area contributed by atoms with Crippen LogP contribution in [-0.4, -0.2) is 29.4 Å². The van der Waals surface area contributed by atoms with Crippen LogP contribution in [0.15, 0.2) is 72.8 Å². The molecule has 0 aromatic heterocycles. The second kappa shape index (κ2) is 8.87. The molecular formula is C27H28N2O3. The topological polar surface area (TPSA) is 58.6 Å². The van der Waals surface area contributed by atoms with E-state index in [0.29, 0.717) is 25.1 Å². The first kappa shape index (κ1) is 21.6. The molecule has 0 unspecified atom stereocenters. The predicted molar refractivity (Wildman–Crippen MR) is 124 cm³/mol. The van der Waals surface area contributed by atoms with Crippen LogP contribution in [0.1, 0.15) is 39.5 Å². The normalized spacial score (nSPS) is 17.6. The van der Waals surface area contributed by atoms with Gasteiger partial charge < -0.3 is 15.0 Å². The Morgan fingerprint density at radius 3 is 2.44 bits per heavy atom. The molecule has 1 atom stereocenters. The first-order valence-electron chi connectivity index (χ1n) is 10.8. The minimum absolute atomic E-state index is 0.129. The lowest BCUT2D eigenvalue weighted by atomic mass is 9.82. The number of benzene rings is 3. The van der Waals surface area contributed by atoms with Crippen molar-refractivity contribution in [1.29, 1.82) is 0 Å². The second-order valence-electron chi connectivity index (χ2n) is 8.46. The Morgan fingerprint density at radius 2 is 1.72 bits per heavy atom. The van der Waals surface area contributed by atoms with E-state index >= 15 is 0 Å². The second-order valence-corrected chi connectivity index (χ2v) is 8.46. The number of amides is 2. The van der Waals surface area contributed by atoms with E-state index in [1.165, 1.54) is 0 Å². The van der Waals surface area contributed by atoms with Crippen molar-refractivity contribution in [2.24, 2.45) is 0 Å². The summed E-state index contributed by atoms with van der Waals surface area (Å²) in [5.41, 5.74) is 3.68. The van der Waals surface area contributed by atoms with Gasteiger partial charge in [0.15, 0.2) is 0 Å². The summed E-state index contributed by atoms with van der Waals surface area (Å²) in [5.74, 6) is 0.469. The number of rotatable bonds is 6. The van der Waals surface area contributed by atoms with E-state index in [0.717, 1.165) is 28.0 Å². The first-order valence-corrected chi connectivity index (χ1v) is 10.8. The fourth-order valence-corrected chi connectivity index (χ4v) is 4.26. The molecule has 1 aliphatic rings. The third-order valence-corrected chi connectivity index (χ3v) is 6.31. The molecule has 3 aromatic carbocycles. The van der Waals surface area contributed by atoms with Crippen LogP contribution in [0.2, 0.25) is 0 Å². The lowest BCUT2D eigenvalue weighted by molar-refractivity contribution is -0.132. The quantitative estimate of drug-likeness (QED) is 0.638. The van der Waals surface area contributed by atoms with Gasteiger partial charge in [0, 0.05) is 25.1 Å². The number of fused-ring (bicyclic) bond motifs is 1. The van der Waals surface area contributed by atoms with Gasteiger partial charge in [0.1, 0.15) is 11.3 Å². The van der Waals surface area contributed by atoms with Gasteiger partial charge in [-0.2, -0.15) is 0 Å². The molecular weight excluding hydrogens is 400 g/mol. The molecule has 0 radical (unpaired) electrons. The number of aryl methyl sites for hydroxylation is 1. The van der Waals surface area contributed by atoms with Crippen molar-refractivity contribution in [2.75, 3.05) is 7.11 Å². The largest absolute Gasteiger partial charge is 0.497 e. The summed E-state index contributed by atoms with van der Waals surface area (Å²) in [7, 11) is 1.62. The number of nitrogens with one attached hydrogen (secondary N) is 1. The van der Waals surface area contributed by atoms with Crippen molar-refractivity contribution in [3.8, 4) is 5.75 Å². The van der Waals surface area contributed by atoms with Crippen molar-refractivity contribution < 1.29 is 14.3 Å². The Morgan fingerprint density at radius 1 is 1.03 bits per heavy atom. The van der Waals surface area contributed by atoms with Crippen molar-refractivity contribution in [3.63, 3.8) is 0 Å². The van der Waals surface area contributed by atoms with Gasteiger partial charge in [-0.25, -0.2) is 0 Å².